The lowest BCUT2D eigenvalue weighted by molar-refractivity contribution is -0.137. The third kappa shape index (κ3) is 6.40. The van der Waals surface area contributed by atoms with Crippen LogP contribution in [0.3, 0.4) is 0 Å². The van der Waals surface area contributed by atoms with Gasteiger partial charge in [0.2, 0.25) is 5.88 Å². The van der Waals surface area contributed by atoms with E-state index >= 15 is 0 Å². The van der Waals surface area contributed by atoms with E-state index in [2.05, 4.69) is 15.6 Å². The molecule has 3 rings (SSSR count). The molecular weight excluding hydrogens is 415 g/mol. The number of amides is 2. The quantitative estimate of drug-likeness (QED) is 0.686. The number of benzene rings is 1. The number of halogens is 3. The minimum absolute atomic E-state index is 0.0343. The SMILES string of the molecule is COc1cc(NC(=O)NC2CCC(Oc3ccc(C(F)(F)F)cn3)CC2)cc(OC)c1. The molecule has 1 aromatic carbocycles. The Morgan fingerprint density at radius 1 is 1.03 bits per heavy atom. The Labute approximate surface area is 177 Å². The predicted octanol–water partition coefficient (Wildman–Crippen LogP) is 4.63. The van der Waals surface area contributed by atoms with Gasteiger partial charge in [0.15, 0.2) is 0 Å². The monoisotopic (exact) mass is 439 g/mol. The van der Waals surface area contributed by atoms with Crippen molar-refractivity contribution in [2.24, 2.45) is 0 Å². The number of ether oxygens (including phenoxy) is 3. The number of nitrogens with one attached hydrogen (secondary N) is 2. The summed E-state index contributed by atoms with van der Waals surface area (Å²) in [6.45, 7) is 0. The Bertz CT molecular complexity index is 860. The summed E-state index contributed by atoms with van der Waals surface area (Å²) in [5.74, 6) is 1.28. The van der Waals surface area contributed by atoms with E-state index in [-0.39, 0.29) is 24.1 Å². The number of methoxy groups -OCH3 is 2. The van der Waals surface area contributed by atoms with Crippen molar-refractivity contribution in [2.45, 2.75) is 44.0 Å². The topological polar surface area (TPSA) is 81.7 Å². The summed E-state index contributed by atoms with van der Waals surface area (Å²) < 4.78 is 53.9. The Morgan fingerprint density at radius 3 is 2.19 bits per heavy atom. The van der Waals surface area contributed by atoms with Crippen LogP contribution in [0.1, 0.15) is 31.2 Å². The zero-order valence-corrected chi connectivity index (χ0v) is 17.2. The van der Waals surface area contributed by atoms with E-state index in [0.717, 1.165) is 12.3 Å². The fourth-order valence-electron chi connectivity index (χ4n) is 3.35. The zero-order valence-electron chi connectivity index (χ0n) is 17.2. The van der Waals surface area contributed by atoms with Crippen molar-refractivity contribution in [1.82, 2.24) is 10.3 Å². The molecule has 2 aromatic rings. The normalized spacial score (nSPS) is 18.7. The van der Waals surface area contributed by atoms with Crippen molar-refractivity contribution < 1.29 is 32.2 Å². The molecule has 1 fully saturated rings. The van der Waals surface area contributed by atoms with Gasteiger partial charge in [-0.05, 0) is 31.7 Å². The first kappa shape index (κ1) is 22.5. The number of hydrogen-bond acceptors (Lipinski definition) is 5. The van der Waals surface area contributed by atoms with Crippen LogP contribution in [-0.2, 0) is 6.18 Å². The molecule has 10 heteroatoms. The van der Waals surface area contributed by atoms with Crippen molar-refractivity contribution in [2.75, 3.05) is 19.5 Å². The number of aromatic nitrogens is 1. The van der Waals surface area contributed by atoms with Crippen molar-refractivity contribution in [3.05, 3.63) is 42.1 Å². The van der Waals surface area contributed by atoms with Gasteiger partial charge < -0.3 is 24.8 Å². The molecule has 1 saturated carbocycles. The third-order valence-electron chi connectivity index (χ3n) is 4.97. The Hall–Kier alpha value is -3.17. The van der Waals surface area contributed by atoms with Crippen LogP contribution in [0.15, 0.2) is 36.5 Å². The van der Waals surface area contributed by atoms with Gasteiger partial charge >= 0.3 is 12.2 Å². The fourth-order valence-corrected chi connectivity index (χ4v) is 3.35. The molecule has 0 atom stereocenters. The minimum atomic E-state index is -4.42. The van der Waals surface area contributed by atoms with Gasteiger partial charge in [-0.1, -0.05) is 0 Å². The highest BCUT2D eigenvalue weighted by Crippen LogP contribution is 2.30. The second-order valence-electron chi connectivity index (χ2n) is 7.17. The maximum absolute atomic E-state index is 12.6. The minimum Gasteiger partial charge on any atom is -0.497 e. The van der Waals surface area contributed by atoms with Crippen molar-refractivity contribution >= 4 is 11.7 Å². The number of hydrogen-bond donors (Lipinski definition) is 2. The van der Waals surface area contributed by atoms with E-state index in [1.165, 1.54) is 20.3 Å². The molecule has 0 spiro atoms. The van der Waals surface area contributed by atoms with Crippen LogP contribution in [0.4, 0.5) is 23.7 Å². The number of nitrogens with zero attached hydrogens (tertiary/aromatic N) is 1. The molecule has 0 radical (unpaired) electrons. The van der Waals surface area contributed by atoms with Crippen LogP contribution in [0, 0.1) is 0 Å². The molecule has 1 aromatic heterocycles. The Balaban J connectivity index is 1.46. The third-order valence-corrected chi connectivity index (χ3v) is 4.97. The standard InChI is InChI=1S/C21H24F3N3O4/c1-29-17-9-15(10-18(11-17)30-2)27-20(28)26-14-4-6-16(7-5-14)31-19-8-3-13(12-25-19)21(22,23)24/h3,8-12,14,16H,4-7H2,1-2H3,(H2,26,27,28). The molecule has 2 N–H and O–H groups in total. The summed E-state index contributed by atoms with van der Waals surface area (Å²) >= 11 is 0. The van der Waals surface area contributed by atoms with Gasteiger partial charge in [0.05, 0.1) is 19.8 Å². The summed E-state index contributed by atoms with van der Waals surface area (Å²) in [6.07, 6.45) is -1.15. The molecule has 7 nitrogen and oxygen atoms in total. The van der Waals surface area contributed by atoms with Crippen molar-refractivity contribution in [3.63, 3.8) is 0 Å². The van der Waals surface area contributed by atoms with Gasteiger partial charge in [0.1, 0.15) is 17.6 Å². The van der Waals surface area contributed by atoms with Gasteiger partial charge in [-0.2, -0.15) is 13.2 Å². The smallest absolute Gasteiger partial charge is 0.417 e. The fraction of sp³-hybridized carbons (Fsp3) is 0.429. The summed E-state index contributed by atoms with van der Waals surface area (Å²) in [7, 11) is 3.05. The molecule has 1 aliphatic carbocycles. The Kier molecular flexibility index (Phi) is 7.09. The lowest BCUT2D eigenvalue weighted by atomic mass is 9.93. The van der Waals surface area contributed by atoms with Crippen molar-refractivity contribution in [3.8, 4) is 17.4 Å². The first-order valence-corrected chi connectivity index (χ1v) is 9.77. The highest BCUT2D eigenvalue weighted by Gasteiger charge is 2.31. The number of alkyl halides is 3. The van der Waals surface area contributed by atoms with Gasteiger partial charge in [-0.25, -0.2) is 9.78 Å². The molecule has 0 bridgehead atoms. The molecule has 1 heterocycles. The lowest BCUT2D eigenvalue weighted by Crippen LogP contribution is -2.41. The average molecular weight is 439 g/mol. The number of urea groups is 1. The van der Waals surface area contributed by atoms with Gasteiger partial charge in [0.25, 0.3) is 0 Å². The van der Waals surface area contributed by atoms with E-state index < -0.39 is 11.7 Å². The highest BCUT2D eigenvalue weighted by atomic mass is 19.4. The summed E-state index contributed by atoms with van der Waals surface area (Å²) in [5, 5.41) is 5.69. The van der Waals surface area contributed by atoms with Gasteiger partial charge in [-0.3, -0.25) is 0 Å². The molecule has 0 unspecified atom stereocenters. The maximum Gasteiger partial charge on any atom is 0.417 e. The van der Waals surface area contributed by atoms with E-state index in [9.17, 15) is 18.0 Å². The second kappa shape index (κ2) is 9.76. The van der Waals surface area contributed by atoms with E-state index in [0.29, 0.717) is 42.9 Å². The zero-order chi connectivity index (χ0) is 22.4. The molecule has 0 aliphatic heterocycles. The Morgan fingerprint density at radius 2 is 1.68 bits per heavy atom. The lowest BCUT2D eigenvalue weighted by Gasteiger charge is -2.29. The van der Waals surface area contributed by atoms with Crippen LogP contribution < -0.4 is 24.8 Å². The molecule has 0 saturated heterocycles. The molecule has 2 amide bonds. The highest BCUT2D eigenvalue weighted by molar-refractivity contribution is 5.90. The first-order chi connectivity index (χ1) is 14.8. The molecular formula is C21H24F3N3O4. The predicted molar refractivity (Wildman–Crippen MR) is 108 cm³/mol. The van der Waals surface area contributed by atoms with Crippen LogP contribution in [0.5, 0.6) is 17.4 Å². The summed E-state index contributed by atoms with van der Waals surface area (Å²) in [6, 6.07) is 6.87. The van der Waals surface area contributed by atoms with E-state index in [1.54, 1.807) is 18.2 Å². The van der Waals surface area contributed by atoms with Crippen LogP contribution in [0.2, 0.25) is 0 Å². The van der Waals surface area contributed by atoms with Crippen LogP contribution >= 0.6 is 0 Å². The summed E-state index contributed by atoms with van der Waals surface area (Å²) in [4.78, 5) is 16.1. The first-order valence-electron chi connectivity index (χ1n) is 9.77. The largest absolute Gasteiger partial charge is 0.497 e. The summed E-state index contributed by atoms with van der Waals surface area (Å²) in [5.41, 5.74) is -0.272. The number of carbonyl (C=O) groups excluding carboxylic acids is 1. The number of pyridine rings is 1. The second-order valence-corrected chi connectivity index (χ2v) is 7.17. The van der Waals surface area contributed by atoms with E-state index in [4.69, 9.17) is 14.2 Å². The molecule has 31 heavy (non-hydrogen) atoms. The van der Waals surface area contributed by atoms with E-state index in [1.807, 2.05) is 0 Å². The molecule has 168 valence electrons. The number of rotatable bonds is 6. The maximum atomic E-state index is 12.6. The van der Waals surface area contributed by atoms with Gasteiger partial charge in [-0.15, -0.1) is 0 Å². The van der Waals surface area contributed by atoms with Crippen molar-refractivity contribution in [1.29, 1.82) is 0 Å². The number of anilines is 1. The van der Waals surface area contributed by atoms with Gasteiger partial charge in [0, 0.05) is 42.2 Å². The molecule has 1 aliphatic rings. The average Bonchev–Trinajstić information content (AvgIpc) is 2.74. The van der Waals surface area contributed by atoms with Crippen LogP contribution in [0.25, 0.3) is 0 Å². The van der Waals surface area contributed by atoms with Crippen LogP contribution in [-0.4, -0.2) is 37.4 Å². The number of carbonyl (C=O) groups is 1.